The number of fused-ring (bicyclic) bond motifs is 2. The van der Waals surface area contributed by atoms with Crippen molar-refractivity contribution in [2.45, 2.75) is 32.2 Å². The van der Waals surface area contributed by atoms with Crippen LogP contribution in [0.5, 0.6) is 11.5 Å². The van der Waals surface area contributed by atoms with Crippen LogP contribution in [-0.2, 0) is 11.3 Å². The number of nitrogens with zero attached hydrogens (tertiary/aromatic N) is 1. The lowest BCUT2D eigenvalue weighted by Gasteiger charge is -2.24. The Morgan fingerprint density at radius 1 is 0.944 bits per heavy atom. The van der Waals surface area contributed by atoms with Gasteiger partial charge in [0.2, 0.25) is 5.91 Å². The molecule has 8 heteroatoms. The molecular formula is C28H30ClN3O4. The Morgan fingerprint density at radius 3 is 2.56 bits per heavy atom. The summed E-state index contributed by atoms with van der Waals surface area (Å²) in [5, 5.41) is 6.81. The molecule has 0 atom stereocenters. The summed E-state index contributed by atoms with van der Waals surface area (Å²) in [4.78, 5) is 27.8. The number of amides is 2. The fraction of sp³-hybridized carbons (Fsp3) is 0.286. The maximum absolute atomic E-state index is 13.4. The SMILES string of the molecule is COc1ccc(CNCCCCCC(=O)N2c3ccc(Cl)cc3NC(=O)c3ccccc32)cc1OC. The van der Waals surface area contributed by atoms with Crippen molar-refractivity contribution in [2.24, 2.45) is 0 Å². The highest BCUT2D eigenvalue weighted by Gasteiger charge is 2.28. The Hall–Kier alpha value is -3.55. The van der Waals surface area contributed by atoms with E-state index in [0.29, 0.717) is 45.6 Å². The van der Waals surface area contributed by atoms with Crippen LogP contribution in [0.3, 0.4) is 0 Å². The van der Waals surface area contributed by atoms with Gasteiger partial charge in [-0.3, -0.25) is 14.5 Å². The van der Waals surface area contributed by atoms with E-state index in [-0.39, 0.29) is 11.8 Å². The van der Waals surface area contributed by atoms with Gasteiger partial charge < -0.3 is 20.1 Å². The predicted molar refractivity (Wildman–Crippen MR) is 143 cm³/mol. The van der Waals surface area contributed by atoms with Crippen molar-refractivity contribution >= 4 is 40.5 Å². The Morgan fingerprint density at radius 2 is 1.75 bits per heavy atom. The number of benzene rings is 3. The van der Waals surface area contributed by atoms with Crippen molar-refractivity contribution in [3.63, 3.8) is 0 Å². The molecule has 1 aliphatic heterocycles. The molecule has 4 rings (SSSR count). The van der Waals surface area contributed by atoms with Crippen molar-refractivity contribution in [3.05, 3.63) is 76.8 Å². The van der Waals surface area contributed by atoms with Gasteiger partial charge in [-0.25, -0.2) is 0 Å². The largest absolute Gasteiger partial charge is 0.493 e. The minimum Gasteiger partial charge on any atom is -0.493 e. The molecule has 2 amide bonds. The van der Waals surface area contributed by atoms with E-state index in [9.17, 15) is 9.59 Å². The number of halogens is 1. The molecule has 1 aliphatic rings. The van der Waals surface area contributed by atoms with Crippen molar-refractivity contribution in [3.8, 4) is 11.5 Å². The zero-order valence-electron chi connectivity index (χ0n) is 20.5. The highest BCUT2D eigenvalue weighted by atomic mass is 35.5. The summed E-state index contributed by atoms with van der Waals surface area (Å²) >= 11 is 6.16. The average Bonchev–Trinajstić information content (AvgIpc) is 3.01. The number of hydrogen-bond donors (Lipinski definition) is 2. The first kappa shape index (κ1) is 25.5. The lowest BCUT2D eigenvalue weighted by Crippen LogP contribution is -2.26. The van der Waals surface area contributed by atoms with Crippen LogP contribution in [0.4, 0.5) is 17.1 Å². The number of nitrogens with one attached hydrogen (secondary N) is 2. The van der Waals surface area contributed by atoms with Crippen molar-refractivity contribution in [2.75, 3.05) is 31.0 Å². The third kappa shape index (κ3) is 5.80. The lowest BCUT2D eigenvalue weighted by atomic mass is 10.1. The number of carbonyl (C=O) groups excluding carboxylic acids is 2. The summed E-state index contributed by atoms with van der Waals surface area (Å²) in [6, 6.07) is 18.2. The van der Waals surface area contributed by atoms with Crippen molar-refractivity contribution in [1.29, 1.82) is 0 Å². The van der Waals surface area contributed by atoms with Crippen LogP contribution in [0.25, 0.3) is 0 Å². The van der Waals surface area contributed by atoms with Crippen molar-refractivity contribution < 1.29 is 19.1 Å². The second kappa shape index (κ2) is 11.9. The number of rotatable bonds is 10. The van der Waals surface area contributed by atoms with E-state index in [4.69, 9.17) is 21.1 Å². The minimum atomic E-state index is -0.259. The smallest absolute Gasteiger partial charge is 0.257 e. The Bertz CT molecular complexity index is 1250. The second-order valence-corrected chi connectivity index (χ2v) is 8.98. The molecule has 188 valence electrons. The Kier molecular flexibility index (Phi) is 8.46. The number of ether oxygens (including phenoxy) is 2. The molecule has 0 aromatic heterocycles. The monoisotopic (exact) mass is 507 g/mol. The van der Waals surface area contributed by atoms with Gasteiger partial charge >= 0.3 is 0 Å². The standard InChI is InChI=1S/C28H30ClN3O4/c1-35-25-14-11-19(16-26(25)36-2)18-30-15-7-3-4-10-27(33)32-23-9-6-5-8-21(23)28(34)31-22-17-20(29)12-13-24(22)32/h5-6,8-9,11-14,16-17,30H,3-4,7,10,15,18H2,1-2H3,(H,31,34). The fourth-order valence-electron chi connectivity index (χ4n) is 4.29. The van der Waals surface area contributed by atoms with Gasteiger partial charge in [-0.1, -0.05) is 36.2 Å². The predicted octanol–water partition coefficient (Wildman–Crippen LogP) is 5.94. The summed E-state index contributed by atoms with van der Waals surface area (Å²) in [5.41, 5.74) is 3.30. The van der Waals surface area contributed by atoms with Gasteiger partial charge in [-0.15, -0.1) is 0 Å². The lowest BCUT2D eigenvalue weighted by molar-refractivity contribution is -0.118. The summed E-state index contributed by atoms with van der Waals surface area (Å²) in [6.45, 7) is 1.57. The Labute approximate surface area is 216 Å². The van der Waals surface area contributed by atoms with Crippen LogP contribution < -0.4 is 25.0 Å². The molecule has 0 spiro atoms. The fourth-order valence-corrected chi connectivity index (χ4v) is 4.46. The number of unbranched alkanes of at least 4 members (excludes halogenated alkanes) is 2. The Balaban J connectivity index is 1.32. The molecule has 3 aromatic rings. The van der Waals surface area contributed by atoms with Crippen LogP contribution in [-0.4, -0.2) is 32.6 Å². The minimum absolute atomic E-state index is 0.0548. The van der Waals surface area contributed by atoms with Gasteiger partial charge in [0, 0.05) is 18.0 Å². The van der Waals surface area contributed by atoms with Crippen LogP contribution in [0, 0.1) is 0 Å². The topological polar surface area (TPSA) is 79.9 Å². The molecule has 0 radical (unpaired) electrons. The van der Waals surface area contributed by atoms with E-state index < -0.39 is 0 Å². The van der Waals surface area contributed by atoms with Crippen LogP contribution in [0.2, 0.25) is 5.02 Å². The third-order valence-electron chi connectivity index (χ3n) is 6.11. The molecule has 1 heterocycles. The van der Waals surface area contributed by atoms with Gasteiger partial charge in [0.15, 0.2) is 11.5 Å². The van der Waals surface area contributed by atoms with E-state index in [1.807, 2.05) is 24.3 Å². The molecule has 0 aliphatic carbocycles. The zero-order valence-corrected chi connectivity index (χ0v) is 21.2. The van der Waals surface area contributed by atoms with E-state index in [0.717, 1.165) is 37.9 Å². The third-order valence-corrected chi connectivity index (χ3v) is 6.34. The summed E-state index contributed by atoms with van der Waals surface area (Å²) < 4.78 is 10.6. The van der Waals surface area contributed by atoms with Gasteiger partial charge in [0.05, 0.1) is 36.8 Å². The molecule has 0 bridgehead atoms. The molecule has 7 nitrogen and oxygen atoms in total. The molecule has 3 aromatic carbocycles. The second-order valence-electron chi connectivity index (χ2n) is 8.54. The number of para-hydroxylation sites is 1. The first-order chi connectivity index (χ1) is 17.5. The number of carbonyl (C=O) groups is 2. The molecule has 2 N–H and O–H groups in total. The van der Waals surface area contributed by atoms with E-state index in [1.54, 1.807) is 55.5 Å². The van der Waals surface area contributed by atoms with E-state index >= 15 is 0 Å². The van der Waals surface area contributed by atoms with Gasteiger partial charge in [-0.2, -0.15) is 0 Å². The highest BCUT2D eigenvalue weighted by Crippen LogP contribution is 2.39. The molecule has 0 fully saturated rings. The molecule has 0 unspecified atom stereocenters. The first-order valence-corrected chi connectivity index (χ1v) is 12.3. The molecule has 0 saturated carbocycles. The first-order valence-electron chi connectivity index (χ1n) is 12.0. The molecular weight excluding hydrogens is 478 g/mol. The van der Waals surface area contributed by atoms with Gasteiger partial charge in [0.1, 0.15) is 0 Å². The average molecular weight is 508 g/mol. The maximum atomic E-state index is 13.4. The zero-order chi connectivity index (χ0) is 25.5. The summed E-state index contributed by atoms with van der Waals surface area (Å²) in [5.74, 6) is 1.11. The van der Waals surface area contributed by atoms with Crippen LogP contribution in [0.15, 0.2) is 60.7 Å². The summed E-state index contributed by atoms with van der Waals surface area (Å²) in [6.07, 6.45) is 2.98. The quantitative estimate of drug-likeness (QED) is 0.332. The molecule has 36 heavy (non-hydrogen) atoms. The highest BCUT2D eigenvalue weighted by molar-refractivity contribution is 6.31. The number of anilines is 3. The van der Waals surface area contributed by atoms with Gasteiger partial charge in [0.25, 0.3) is 5.91 Å². The van der Waals surface area contributed by atoms with E-state index in [1.165, 1.54) is 0 Å². The van der Waals surface area contributed by atoms with Crippen LogP contribution in [0.1, 0.15) is 41.6 Å². The van der Waals surface area contributed by atoms with E-state index in [2.05, 4.69) is 10.6 Å². The molecule has 0 saturated heterocycles. The number of hydrogen-bond acceptors (Lipinski definition) is 5. The maximum Gasteiger partial charge on any atom is 0.257 e. The van der Waals surface area contributed by atoms with Crippen LogP contribution >= 0.6 is 11.6 Å². The van der Waals surface area contributed by atoms with Crippen molar-refractivity contribution in [1.82, 2.24) is 5.32 Å². The normalized spacial score (nSPS) is 12.3. The summed E-state index contributed by atoms with van der Waals surface area (Å²) in [7, 11) is 3.25. The number of methoxy groups -OCH3 is 2. The van der Waals surface area contributed by atoms with Gasteiger partial charge in [-0.05, 0) is 67.4 Å².